The standard InChI is InChI=1S/C21H28O6S/c1-13-5-7-14(8-6-13)28(24,25)26-12-16-15-10-17-18(22)4-3-9-21(17,2)11-19(15)27-20(16)23/h5-8,15-19,22H,3-4,9-12H2,1-2H3/t15-,16?,17+,18+,19-,21-/m1/s1. The van der Waals surface area contributed by atoms with Gasteiger partial charge in [-0.25, -0.2) is 0 Å². The van der Waals surface area contributed by atoms with Crippen LogP contribution >= 0.6 is 0 Å². The molecule has 154 valence electrons. The molecule has 3 fully saturated rings. The number of ether oxygens (including phenoxy) is 1. The Morgan fingerprint density at radius 1 is 1.29 bits per heavy atom. The Balaban J connectivity index is 1.48. The number of hydrogen-bond acceptors (Lipinski definition) is 6. The van der Waals surface area contributed by atoms with E-state index in [0.717, 1.165) is 31.2 Å². The lowest BCUT2D eigenvalue weighted by molar-refractivity contribution is -0.148. The number of aliphatic hydroxyl groups is 1. The van der Waals surface area contributed by atoms with Gasteiger partial charge in [0.2, 0.25) is 0 Å². The van der Waals surface area contributed by atoms with Gasteiger partial charge >= 0.3 is 5.97 Å². The van der Waals surface area contributed by atoms with E-state index in [2.05, 4.69) is 6.92 Å². The van der Waals surface area contributed by atoms with Gasteiger partial charge in [0.05, 0.1) is 23.5 Å². The van der Waals surface area contributed by atoms with E-state index < -0.39 is 16.0 Å². The predicted octanol–water partition coefficient (Wildman–Crippen LogP) is 2.82. The van der Waals surface area contributed by atoms with Crippen LogP contribution in [-0.4, -0.2) is 38.3 Å². The molecular weight excluding hydrogens is 380 g/mol. The third-order valence-electron chi connectivity index (χ3n) is 7.08. The average molecular weight is 409 g/mol. The van der Waals surface area contributed by atoms with Gasteiger partial charge < -0.3 is 9.84 Å². The number of fused-ring (bicyclic) bond motifs is 2. The molecule has 1 aliphatic heterocycles. The quantitative estimate of drug-likeness (QED) is 0.609. The maximum Gasteiger partial charge on any atom is 0.312 e. The van der Waals surface area contributed by atoms with Crippen molar-refractivity contribution in [3.8, 4) is 0 Å². The normalized spacial score (nSPS) is 37.8. The molecule has 6 nitrogen and oxygen atoms in total. The van der Waals surface area contributed by atoms with Crippen LogP contribution in [0.25, 0.3) is 0 Å². The first kappa shape index (κ1) is 19.9. The maximum absolute atomic E-state index is 12.5. The molecule has 0 spiro atoms. The Morgan fingerprint density at radius 2 is 2.00 bits per heavy atom. The van der Waals surface area contributed by atoms with Gasteiger partial charge in [-0.15, -0.1) is 0 Å². The molecule has 0 radical (unpaired) electrons. The van der Waals surface area contributed by atoms with E-state index in [9.17, 15) is 18.3 Å². The number of aliphatic hydroxyl groups excluding tert-OH is 1. The second kappa shape index (κ2) is 7.11. The van der Waals surface area contributed by atoms with Crippen LogP contribution in [0, 0.1) is 30.1 Å². The molecule has 28 heavy (non-hydrogen) atoms. The highest BCUT2D eigenvalue weighted by molar-refractivity contribution is 7.86. The van der Waals surface area contributed by atoms with Crippen molar-refractivity contribution < 1.29 is 27.2 Å². The zero-order chi connectivity index (χ0) is 20.1. The van der Waals surface area contributed by atoms with Gasteiger partial charge in [0.25, 0.3) is 10.1 Å². The number of benzene rings is 1. The first-order valence-electron chi connectivity index (χ1n) is 10.0. The lowest BCUT2D eigenvalue weighted by Gasteiger charge is -2.50. The molecular formula is C21H28O6S. The molecule has 4 rings (SSSR count). The van der Waals surface area contributed by atoms with Crippen molar-refractivity contribution in [3.05, 3.63) is 29.8 Å². The third kappa shape index (κ3) is 3.48. The van der Waals surface area contributed by atoms with Gasteiger partial charge in [-0.2, -0.15) is 8.42 Å². The summed E-state index contributed by atoms with van der Waals surface area (Å²) in [5.74, 6) is -0.977. The van der Waals surface area contributed by atoms with Crippen molar-refractivity contribution in [1.29, 1.82) is 0 Å². The van der Waals surface area contributed by atoms with E-state index in [4.69, 9.17) is 8.92 Å². The van der Waals surface area contributed by atoms with Gasteiger partial charge in [-0.3, -0.25) is 8.98 Å². The lowest BCUT2D eigenvalue weighted by atomic mass is 9.55. The van der Waals surface area contributed by atoms with Crippen LogP contribution in [0.15, 0.2) is 29.2 Å². The van der Waals surface area contributed by atoms with Gasteiger partial charge in [-0.05, 0) is 56.1 Å². The van der Waals surface area contributed by atoms with Crippen molar-refractivity contribution >= 4 is 16.1 Å². The summed E-state index contributed by atoms with van der Waals surface area (Å²) in [7, 11) is -3.93. The Labute approximate surface area is 166 Å². The van der Waals surface area contributed by atoms with Gasteiger partial charge in [0.15, 0.2) is 0 Å². The molecule has 7 heteroatoms. The van der Waals surface area contributed by atoms with Gasteiger partial charge in [0.1, 0.15) is 6.10 Å². The molecule has 1 heterocycles. The first-order valence-corrected chi connectivity index (χ1v) is 11.5. The predicted molar refractivity (Wildman–Crippen MR) is 102 cm³/mol. The molecule has 0 aromatic heterocycles. The van der Waals surface area contributed by atoms with Crippen LogP contribution in [0.2, 0.25) is 0 Å². The Hall–Kier alpha value is -1.44. The molecule has 1 aromatic carbocycles. The largest absolute Gasteiger partial charge is 0.462 e. The fraction of sp³-hybridized carbons (Fsp3) is 0.667. The van der Waals surface area contributed by atoms with Crippen molar-refractivity contribution in [2.24, 2.45) is 23.2 Å². The molecule has 3 aliphatic rings. The topological polar surface area (TPSA) is 89.9 Å². The van der Waals surface area contributed by atoms with Crippen molar-refractivity contribution in [2.75, 3.05) is 6.61 Å². The highest BCUT2D eigenvalue weighted by Crippen LogP contribution is 2.55. The number of aryl methyl sites for hydroxylation is 1. The Morgan fingerprint density at radius 3 is 2.71 bits per heavy atom. The highest BCUT2D eigenvalue weighted by atomic mass is 32.2. The van der Waals surface area contributed by atoms with Crippen LogP contribution in [0.1, 0.15) is 44.6 Å². The average Bonchev–Trinajstić information content (AvgIpc) is 2.92. The van der Waals surface area contributed by atoms with Gasteiger partial charge in [0, 0.05) is 5.92 Å². The first-order chi connectivity index (χ1) is 13.2. The molecule has 1 aromatic rings. The SMILES string of the molecule is Cc1ccc(S(=O)(=O)OCC2C(=O)O[C@@H]3C[C@@]4(C)CCC[C@H](O)[C@@H]4C[C@H]23)cc1. The summed E-state index contributed by atoms with van der Waals surface area (Å²) < 4.78 is 35.8. The summed E-state index contributed by atoms with van der Waals surface area (Å²) in [6, 6.07) is 6.43. The van der Waals surface area contributed by atoms with E-state index in [1.807, 2.05) is 6.92 Å². The summed E-state index contributed by atoms with van der Waals surface area (Å²) in [6.07, 6.45) is 3.62. The van der Waals surface area contributed by atoms with Crippen LogP contribution in [0.3, 0.4) is 0 Å². The number of carbonyl (C=O) groups excluding carboxylic acids is 1. The third-order valence-corrected chi connectivity index (χ3v) is 8.37. The molecule has 1 N–H and O–H groups in total. The smallest absolute Gasteiger partial charge is 0.312 e. The van der Waals surface area contributed by atoms with E-state index in [1.54, 1.807) is 12.1 Å². The Kier molecular flexibility index (Phi) is 5.04. The second-order valence-electron chi connectivity index (χ2n) is 8.96. The molecule has 1 unspecified atom stereocenters. The summed E-state index contributed by atoms with van der Waals surface area (Å²) in [5, 5.41) is 10.5. The van der Waals surface area contributed by atoms with Crippen LogP contribution in [-0.2, 0) is 23.8 Å². The van der Waals surface area contributed by atoms with Crippen molar-refractivity contribution in [2.45, 2.75) is 63.1 Å². The molecule has 0 bridgehead atoms. The van der Waals surface area contributed by atoms with Crippen LogP contribution in [0.4, 0.5) is 0 Å². The zero-order valence-electron chi connectivity index (χ0n) is 16.3. The van der Waals surface area contributed by atoms with E-state index >= 15 is 0 Å². The minimum Gasteiger partial charge on any atom is -0.462 e. The van der Waals surface area contributed by atoms with E-state index in [-0.39, 0.29) is 46.9 Å². The second-order valence-corrected chi connectivity index (χ2v) is 10.6. The molecule has 2 saturated carbocycles. The fourth-order valence-corrected chi connectivity index (χ4v) is 6.34. The maximum atomic E-state index is 12.5. The van der Waals surface area contributed by atoms with Crippen molar-refractivity contribution in [3.63, 3.8) is 0 Å². The van der Waals surface area contributed by atoms with E-state index in [1.165, 1.54) is 12.1 Å². The number of hydrogen-bond donors (Lipinski definition) is 1. The molecule has 6 atom stereocenters. The van der Waals surface area contributed by atoms with Crippen LogP contribution < -0.4 is 0 Å². The lowest BCUT2D eigenvalue weighted by Crippen LogP contribution is -2.49. The van der Waals surface area contributed by atoms with Crippen LogP contribution in [0.5, 0.6) is 0 Å². The number of carbonyl (C=O) groups is 1. The molecule has 1 saturated heterocycles. The molecule has 0 amide bonds. The van der Waals surface area contributed by atoms with E-state index in [0.29, 0.717) is 6.42 Å². The Bertz CT molecular complexity index is 848. The summed E-state index contributed by atoms with van der Waals surface area (Å²) in [4.78, 5) is 12.6. The minimum atomic E-state index is -3.93. The summed E-state index contributed by atoms with van der Waals surface area (Å²) >= 11 is 0. The highest BCUT2D eigenvalue weighted by Gasteiger charge is 2.56. The minimum absolute atomic E-state index is 0.0250. The monoisotopic (exact) mass is 408 g/mol. The van der Waals surface area contributed by atoms with Gasteiger partial charge in [-0.1, -0.05) is 31.0 Å². The molecule has 2 aliphatic carbocycles. The number of rotatable bonds is 4. The van der Waals surface area contributed by atoms with Crippen molar-refractivity contribution in [1.82, 2.24) is 0 Å². The number of esters is 1. The fourth-order valence-electron chi connectivity index (χ4n) is 5.41. The summed E-state index contributed by atoms with van der Waals surface area (Å²) in [6.45, 7) is 3.84. The zero-order valence-corrected chi connectivity index (χ0v) is 17.2. The summed E-state index contributed by atoms with van der Waals surface area (Å²) in [5.41, 5.74) is 0.931.